The highest BCUT2D eigenvalue weighted by Crippen LogP contribution is 2.24. The Morgan fingerprint density at radius 2 is 2.31 bits per heavy atom. The van der Waals surface area contributed by atoms with Gasteiger partial charge in [-0.1, -0.05) is 6.92 Å². The Morgan fingerprint density at radius 1 is 1.50 bits per heavy atom. The van der Waals surface area contributed by atoms with Gasteiger partial charge < -0.3 is 10.5 Å². The van der Waals surface area contributed by atoms with E-state index in [2.05, 4.69) is 11.8 Å². The van der Waals surface area contributed by atoms with E-state index in [0.717, 1.165) is 19.5 Å². The molecular formula is C11H21N3O2. The van der Waals surface area contributed by atoms with Crippen molar-refractivity contribution >= 4 is 6.09 Å². The fraction of sp³-hybridized carbons (Fsp3) is 0.909. The highest BCUT2D eigenvalue weighted by molar-refractivity contribution is 5.70. The molecule has 0 radical (unpaired) electrons. The molecule has 92 valence electrons. The summed E-state index contributed by atoms with van der Waals surface area (Å²) >= 11 is 0. The third-order valence-electron chi connectivity index (χ3n) is 3.51. The van der Waals surface area contributed by atoms with Gasteiger partial charge >= 0.3 is 6.09 Å². The highest BCUT2D eigenvalue weighted by atomic mass is 16.6. The van der Waals surface area contributed by atoms with Gasteiger partial charge in [0.2, 0.25) is 0 Å². The molecule has 1 amide bonds. The van der Waals surface area contributed by atoms with Gasteiger partial charge in [0.25, 0.3) is 0 Å². The Hall–Kier alpha value is -0.810. The minimum Gasteiger partial charge on any atom is -0.443 e. The lowest BCUT2D eigenvalue weighted by molar-refractivity contribution is 0.0457. The van der Waals surface area contributed by atoms with E-state index < -0.39 is 0 Å². The molecule has 5 nitrogen and oxygen atoms in total. The number of hydrogen-bond donors (Lipinski definition) is 1. The second-order valence-electron chi connectivity index (χ2n) is 4.50. The molecule has 5 heteroatoms. The summed E-state index contributed by atoms with van der Waals surface area (Å²) in [6.45, 7) is 5.28. The molecule has 2 saturated heterocycles. The van der Waals surface area contributed by atoms with Crippen molar-refractivity contribution in [2.45, 2.75) is 38.5 Å². The summed E-state index contributed by atoms with van der Waals surface area (Å²) in [7, 11) is 0. The summed E-state index contributed by atoms with van der Waals surface area (Å²) in [5.74, 6) is 0. The van der Waals surface area contributed by atoms with E-state index in [4.69, 9.17) is 10.5 Å². The number of carbonyl (C=O) groups is 1. The standard InChI is InChI=1S/C11H21N3O2/c1-2-13-6-4-3-5-10(13)14-8-9(7-12)16-11(14)15/h9-10H,2-8,12H2,1H3/t9-,10?/m0/s1. The summed E-state index contributed by atoms with van der Waals surface area (Å²) in [4.78, 5) is 15.9. The first kappa shape index (κ1) is 11.7. The van der Waals surface area contributed by atoms with Crippen LogP contribution in [0.3, 0.4) is 0 Å². The number of carbonyl (C=O) groups excluding carboxylic acids is 1. The van der Waals surface area contributed by atoms with Crippen LogP contribution in [0.15, 0.2) is 0 Å². The molecule has 16 heavy (non-hydrogen) atoms. The molecule has 2 fully saturated rings. The zero-order chi connectivity index (χ0) is 11.5. The SMILES string of the molecule is CCN1CCCCC1N1C[C@H](CN)OC1=O. The van der Waals surface area contributed by atoms with E-state index in [9.17, 15) is 4.79 Å². The van der Waals surface area contributed by atoms with E-state index in [1.165, 1.54) is 12.8 Å². The fourth-order valence-corrected chi connectivity index (χ4v) is 2.60. The maximum atomic E-state index is 11.7. The van der Waals surface area contributed by atoms with Gasteiger partial charge in [-0.25, -0.2) is 4.79 Å². The maximum absolute atomic E-state index is 11.7. The van der Waals surface area contributed by atoms with Gasteiger partial charge in [-0.2, -0.15) is 0 Å². The lowest BCUT2D eigenvalue weighted by atomic mass is 10.1. The smallest absolute Gasteiger partial charge is 0.411 e. The van der Waals surface area contributed by atoms with Crippen molar-refractivity contribution < 1.29 is 9.53 Å². The number of nitrogens with two attached hydrogens (primary N) is 1. The van der Waals surface area contributed by atoms with Gasteiger partial charge in [0.05, 0.1) is 12.7 Å². The van der Waals surface area contributed by atoms with Gasteiger partial charge in [-0.05, 0) is 25.8 Å². The zero-order valence-electron chi connectivity index (χ0n) is 9.89. The number of amides is 1. The topological polar surface area (TPSA) is 58.8 Å². The van der Waals surface area contributed by atoms with Crippen LogP contribution in [0.4, 0.5) is 4.79 Å². The van der Waals surface area contributed by atoms with E-state index in [-0.39, 0.29) is 18.4 Å². The average Bonchev–Trinajstić information content (AvgIpc) is 2.70. The van der Waals surface area contributed by atoms with Gasteiger partial charge in [0.1, 0.15) is 6.10 Å². The number of cyclic esters (lactones) is 1. The molecule has 0 aromatic carbocycles. The highest BCUT2D eigenvalue weighted by Gasteiger charge is 2.38. The minimum atomic E-state index is -0.194. The molecule has 0 spiro atoms. The molecule has 0 aromatic rings. The van der Waals surface area contributed by atoms with Crippen LogP contribution < -0.4 is 5.73 Å². The molecule has 2 N–H and O–H groups in total. The zero-order valence-corrected chi connectivity index (χ0v) is 9.89. The Labute approximate surface area is 96.5 Å². The Bertz CT molecular complexity index is 260. The monoisotopic (exact) mass is 227 g/mol. The molecule has 1 unspecified atom stereocenters. The predicted molar refractivity (Wildman–Crippen MR) is 60.9 cm³/mol. The first-order valence-electron chi connectivity index (χ1n) is 6.17. The fourth-order valence-electron chi connectivity index (χ4n) is 2.60. The predicted octanol–water partition coefficient (Wildman–Crippen LogP) is 0.598. The van der Waals surface area contributed by atoms with Gasteiger partial charge in [-0.3, -0.25) is 9.80 Å². The Kier molecular flexibility index (Phi) is 3.66. The molecule has 0 saturated carbocycles. The number of piperidine rings is 1. The molecule has 0 aliphatic carbocycles. The van der Waals surface area contributed by atoms with Crippen molar-refractivity contribution in [1.29, 1.82) is 0 Å². The summed E-state index contributed by atoms with van der Waals surface area (Å²) in [5.41, 5.74) is 5.54. The van der Waals surface area contributed by atoms with Crippen LogP contribution in [0.1, 0.15) is 26.2 Å². The summed E-state index contributed by atoms with van der Waals surface area (Å²) < 4.78 is 5.20. The third-order valence-corrected chi connectivity index (χ3v) is 3.51. The van der Waals surface area contributed by atoms with Crippen molar-refractivity contribution in [3.05, 3.63) is 0 Å². The van der Waals surface area contributed by atoms with Crippen LogP contribution in [0.25, 0.3) is 0 Å². The largest absolute Gasteiger partial charge is 0.443 e. The van der Waals surface area contributed by atoms with Gasteiger partial charge in [-0.15, -0.1) is 0 Å². The summed E-state index contributed by atoms with van der Waals surface area (Å²) in [6, 6.07) is 0. The third kappa shape index (κ3) is 2.15. The quantitative estimate of drug-likeness (QED) is 0.767. The van der Waals surface area contributed by atoms with Crippen molar-refractivity contribution in [2.75, 3.05) is 26.2 Å². The number of likely N-dealkylation sites (tertiary alicyclic amines) is 1. The van der Waals surface area contributed by atoms with Crippen LogP contribution in [0, 0.1) is 0 Å². The molecule has 2 atom stereocenters. The first-order valence-corrected chi connectivity index (χ1v) is 6.17. The molecule has 2 aliphatic rings. The number of rotatable bonds is 3. The Morgan fingerprint density at radius 3 is 2.94 bits per heavy atom. The van der Waals surface area contributed by atoms with E-state index in [1.54, 1.807) is 0 Å². The molecular weight excluding hydrogens is 206 g/mol. The van der Waals surface area contributed by atoms with Crippen LogP contribution in [-0.2, 0) is 4.74 Å². The van der Waals surface area contributed by atoms with Crippen LogP contribution in [-0.4, -0.2) is 54.3 Å². The van der Waals surface area contributed by atoms with Crippen molar-refractivity contribution in [3.8, 4) is 0 Å². The second kappa shape index (κ2) is 5.01. The number of ether oxygens (including phenoxy) is 1. The van der Waals surface area contributed by atoms with E-state index in [1.807, 2.05) is 4.90 Å². The molecule has 2 aliphatic heterocycles. The molecule has 0 bridgehead atoms. The minimum absolute atomic E-state index is 0.117. The molecule has 2 heterocycles. The molecule has 0 aromatic heterocycles. The van der Waals surface area contributed by atoms with Crippen molar-refractivity contribution in [3.63, 3.8) is 0 Å². The van der Waals surface area contributed by atoms with E-state index in [0.29, 0.717) is 13.1 Å². The van der Waals surface area contributed by atoms with Crippen molar-refractivity contribution in [1.82, 2.24) is 9.80 Å². The van der Waals surface area contributed by atoms with Crippen LogP contribution in [0.2, 0.25) is 0 Å². The average molecular weight is 227 g/mol. The van der Waals surface area contributed by atoms with E-state index >= 15 is 0 Å². The van der Waals surface area contributed by atoms with Crippen LogP contribution >= 0.6 is 0 Å². The van der Waals surface area contributed by atoms with Crippen molar-refractivity contribution in [2.24, 2.45) is 5.73 Å². The number of hydrogen-bond acceptors (Lipinski definition) is 4. The lowest BCUT2D eigenvalue weighted by Gasteiger charge is -2.39. The number of nitrogens with zero attached hydrogens (tertiary/aromatic N) is 2. The van der Waals surface area contributed by atoms with Crippen LogP contribution in [0.5, 0.6) is 0 Å². The molecule has 2 rings (SSSR count). The summed E-state index contributed by atoms with van der Waals surface area (Å²) in [6.07, 6.45) is 3.39. The lowest BCUT2D eigenvalue weighted by Crippen LogP contribution is -2.51. The Balaban J connectivity index is 2.02. The normalized spacial score (nSPS) is 31.9. The second-order valence-corrected chi connectivity index (χ2v) is 4.50. The summed E-state index contributed by atoms with van der Waals surface area (Å²) in [5, 5.41) is 0. The van der Waals surface area contributed by atoms with Gasteiger partial charge in [0.15, 0.2) is 0 Å². The van der Waals surface area contributed by atoms with Gasteiger partial charge in [0, 0.05) is 13.1 Å². The first-order chi connectivity index (χ1) is 7.76. The maximum Gasteiger partial charge on any atom is 0.411 e.